The summed E-state index contributed by atoms with van der Waals surface area (Å²) < 4.78 is 0. The smallest absolute Gasteiger partial charge is 0.130 e. The lowest BCUT2D eigenvalue weighted by Gasteiger charge is -2.23. The molecule has 0 radical (unpaired) electrons. The molecule has 2 rings (SSSR count). The zero-order chi connectivity index (χ0) is 9.42. The van der Waals surface area contributed by atoms with Crippen molar-refractivity contribution in [3.05, 3.63) is 17.1 Å². The predicted molar refractivity (Wildman–Crippen MR) is 51.3 cm³/mol. The first-order chi connectivity index (χ1) is 6.18. The third-order valence-corrected chi connectivity index (χ3v) is 2.42. The van der Waals surface area contributed by atoms with Gasteiger partial charge in [-0.1, -0.05) is 0 Å². The number of rotatable bonds is 0. The Morgan fingerprint density at radius 1 is 1.46 bits per heavy atom. The summed E-state index contributed by atoms with van der Waals surface area (Å²) in [4.78, 5) is 8.56. The molecule has 0 bridgehead atoms. The molecule has 1 aliphatic rings. The molecule has 0 fully saturated rings. The summed E-state index contributed by atoms with van der Waals surface area (Å²) in [5.41, 5.74) is 8.01. The molecule has 4 nitrogen and oxygen atoms in total. The van der Waals surface area contributed by atoms with Gasteiger partial charge in [0.25, 0.3) is 0 Å². The maximum Gasteiger partial charge on any atom is 0.130 e. The number of nitrogen functional groups attached to an aromatic ring is 1. The molecular formula is C9H14N4. The van der Waals surface area contributed by atoms with Crippen molar-refractivity contribution in [1.82, 2.24) is 15.3 Å². The second-order valence-electron chi connectivity index (χ2n) is 3.45. The van der Waals surface area contributed by atoms with Gasteiger partial charge < -0.3 is 11.1 Å². The third kappa shape index (κ3) is 1.37. The van der Waals surface area contributed by atoms with Gasteiger partial charge in [0, 0.05) is 11.6 Å². The number of hydrogen-bond donors (Lipinski definition) is 2. The number of aryl methyl sites for hydroxylation is 1. The predicted octanol–water partition coefficient (Wildman–Crippen LogP) is 0.574. The zero-order valence-electron chi connectivity index (χ0n) is 7.96. The van der Waals surface area contributed by atoms with E-state index in [0.717, 1.165) is 30.0 Å². The van der Waals surface area contributed by atoms with E-state index in [1.54, 1.807) is 0 Å². The topological polar surface area (TPSA) is 63.8 Å². The molecular weight excluding hydrogens is 164 g/mol. The number of fused-ring (bicyclic) bond motifs is 1. The highest BCUT2D eigenvalue weighted by molar-refractivity contribution is 5.44. The monoisotopic (exact) mass is 178 g/mol. The van der Waals surface area contributed by atoms with Crippen molar-refractivity contribution in [3.8, 4) is 0 Å². The minimum absolute atomic E-state index is 0.299. The fourth-order valence-electron chi connectivity index (χ4n) is 1.76. The second kappa shape index (κ2) is 2.96. The summed E-state index contributed by atoms with van der Waals surface area (Å²) in [5.74, 6) is 1.41. The van der Waals surface area contributed by atoms with Gasteiger partial charge in [0.05, 0.1) is 5.69 Å². The van der Waals surface area contributed by atoms with Crippen LogP contribution < -0.4 is 11.1 Å². The first kappa shape index (κ1) is 8.44. The molecule has 0 amide bonds. The average Bonchev–Trinajstić information content (AvgIpc) is 2.07. The molecule has 0 saturated heterocycles. The Morgan fingerprint density at radius 2 is 2.23 bits per heavy atom. The minimum atomic E-state index is 0.299. The molecule has 70 valence electrons. The molecule has 1 atom stereocenters. The molecule has 4 heteroatoms. The van der Waals surface area contributed by atoms with Crippen LogP contribution in [0.1, 0.15) is 30.0 Å². The van der Waals surface area contributed by atoms with E-state index < -0.39 is 0 Å². The zero-order valence-corrected chi connectivity index (χ0v) is 7.96. The number of anilines is 1. The molecule has 1 aromatic rings. The summed E-state index contributed by atoms with van der Waals surface area (Å²) in [6.07, 6.45) is 0.936. The molecule has 13 heavy (non-hydrogen) atoms. The molecule has 0 aromatic carbocycles. The Hall–Kier alpha value is -1.16. The van der Waals surface area contributed by atoms with Crippen LogP contribution in [0.4, 0.5) is 5.82 Å². The van der Waals surface area contributed by atoms with Gasteiger partial charge in [0.2, 0.25) is 0 Å². The van der Waals surface area contributed by atoms with Crippen LogP contribution in [0.5, 0.6) is 0 Å². The Labute approximate surface area is 77.6 Å². The van der Waals surface area contributed by atoms with Crippen LogP contribution in [0.15, 0.2) is 0 Å². The fraction of sp³-hybridized carbons (Fsp3) is 0.556. The maximum atomic E-state index is 5.83. The quantitative estimate of drug-likeness (QED) is 0.609. The molecule has 1 unspecified atom stereocenters. The van der Waals surface area contributed by atoms with E-state index in [2.05, 4.69) is 22.2 Å². The van der Waals surface area contributed by atoms with Crippen LogP contribution in [0, 0.1) is 6.92 Å². The fourth-order valence-corrected chi connectivity index (χ4v) is 1.76. The molecule has 3 N–H and O–H groups in total. The molecule has 2 heterocycles. The van der Waals surface area contributed by atoms with Gasteiger partial charge >= 0.3 is 0 Å². The molecule has 0 saturated carbocycles. The van der Waals surface area contributed by atoms with Crippen molar-refractivity contribution in [2.75, 3.05) is 12.3 Å². The standard InChI is InChI=1S/C9H14N4/c1-5-8-7(3-4-11-5)9(10)13-6(2)12-8/h5,11H,3-4H2,1-2H3,(H2,10,12,13). The summed E-state index contributed by atoms with van der Waals surface area (Å²) in [6.45, 7) is 4.94. The summed E-state index contributed by atoms with van der Waals surface area (Å²) in [5, 5.41) is 3.35. The van der Waals surface area contributed by atoms with E-state index in [9.17, 15) is 0 Å². The van der Waals surface area contributed by atoms with Crippen molar-refractivity contribution >= 4 is 5.82 Å². The lowest BCUT2D eigenvalue weighted by molar-refractivity contribution is 0.523. The SMILES string of the molecule is Cc1nc(N)c2c(n1)C(C)NCC2. The highest BCUT2D eigenvalue weighted by Gasteiger charge is 2.20. The van der Waals surface area contributed by atoms with Crippen LogP contribution in [0.2, 0.25) is 0 Å². The Balaban J connectivity index is 2.56. The largest absolute Gasteiger partial charge is 0.383 e. The van der Waals surface area contributed by atoms with E-state index in [1.807, 2.05) is 6.92 Å². The van der Waals surface area contributed by atoms with Crippen LogP contribution >= 0.6 is 0 Å². The molecule has 1 aliphatic heterocycles. The van der Waals surface area contributed by atoms with E-state index in [4.69, 9.17) is 5.73 Å². The Kier molecular flexibility index (Phi) is 1.92. The van der Waals surface area contributed by atoms with E-state index in [1.165, 1.54) is 0 Å². The van der Waals surface area contributed by atoms with Crippen molar-refractivity contribution in [2.24, 2.45) is 0 Å². The van der Waals surface area contributed by atoms with E-state index in [0.29, 0.717) is 11.9 Å². The Morgan fingerprint density at radius 3 is 3.00 bits per heavy atom. The highest BCUT2D eigenvalue weighted by Crippen LogP contribution is 2.23. The molecule has 0 aliphatic carbocycles. The second-order valence-corrected chi connectivity index (χ2v) is 3.45. The van der Waals surface area contributed by atoms with Crippen molar-refractivity contribution in [3.63, 3.8) is 0 Å². The minimum Gasteiger partial charge on any atom is -0.383 e. The summed E-state index contributed by atoms with van der Waals surface area (Å²) >= 11 is 0. The number of nitrogens with one attached hydrogen (secondary N) is 1. The van der Waals surface area contributed by atoms with Crippen LogP contribution in [0.25, 0.3) is 0 Å². The van der Waals surface area contributed by atoms with Crippen molar-refractivity contribution in [1.29, 1.82) is 0 Å². The van der Waals surface area contributed by atoms with Gasteiger partial charge in [0.1, 0.15) is 11.6 Å². The summed E-state index contributed by atoms with van der Waals surface area (Å²) in [7, 11) is 0. The molecule has 1 aromatic heterocycles. The van der Waals surface area contributed by atoms with Crippen LogP contribution in [-0.4, -0.2) is 16.5 Å². The van der Waals surface area contributed by atoms with E-state index in [-0.39, 0.29) is 0 Å². The lowest BCUT2D eigenvalue weighted by atomic mass is 10.0. The number of hydrogen-bond acceptors (Lipinski definition) is 4. The normalized spacial score (nSPS) is 21.2. The van der Waals surface area contributed by atoms with Gasteiger partial charge in [-0.3, -0.25) is 0 Å². The third-order valence-electron chi connectivity index (χ3n) is 2.42. The first-order valence-electron chi connectivity index (χ1n) is 4.54. The van der Waals surface area contributed by atoms with Crippen molar-refractivity contribution < 1.29 is 0 Å². The lowest BCUT2D eigenvalue weighted by Crippen LogP contribution is -2.30. The Bertz CT molecular complexity index is 335. The van der Waals surface area contributed by atoms with Gasteiger partial charge in [-0.2, -0.15) is 0 Å². The number of aromatic nitrogens is 2. The maximum absolute atomic E-state index is 5.83. The first-order valence-corrected chi connectivity index (χ1v) is 4.54. The van der Waals surface area contributed by atoms with Gasteiger partial charge in [0.15, 0.2) is 0 Å². The van der Waals surface area contributed by atoms with Crippen LogP contribution in [-0.2, 0) is 6.42 Å². The van der Waals surface area contributed by atoms with Crippen LogP contribution in [0.3, 0.4) is 0 Å². The highest BCUT2D eigenvalue weighted by atomic mass is 15.0. The van der Waals surface area contributed by atoms with Gasteiger partial charge in [-0.25, -0.2) is 9.97 Å². The van der Waals surface area contributed by atoms with Gasteiger partial charge in [-0.05, 0) is 26.8 Å². The van der Waals surface area contributed by atoms with E-state index >= 15 is 0 Å². The van der Waals surface area contributed by atoms with Gasteiger partial charge in [-0.15, -0.1) is 0 Å². The number of nitrogens with zero attached hydrogens (tertiary/aromatic N) is 2. The average molecular weight is 178 g/mol. The summed E-state index contributed by atoms with van der Waals surface area (Å²) in [6, 6.07) is 0.299. The number of nitrogens with two attached hydrogens (primary N) is 1. The molecule has 0 spiro atoms. The van der Waals surface area contributed by atoms with Crippen molar-refractivity contribution in [2.45, 2.75) is 26.3 Å².